The monoisotopic (exact) mass is 398 g/mol. The minimum atomic E-state index is -3.74. The maximum atomic E-state index is 12.6. The number of hydrogen-bond acceptors (Lipinski definition) is 5. The summed E-state index contributed by atoms with van der Waals surface area (Å²) in [6.07, 6.45) is 0.0926. The van der Waals surface area contributed by atoms with E-state index in [1.165, 1.54) is 0 Å². The van der Waals surface area contributed by atoms with Crippen LogP contribution in [-0.4, -0.2) is 50.7 Å². The van der Waals surface area contributed by atoms with Crippen molar-refractivity contribution in [2.24, 2.45) is 0 Å². The SMILES string of the molecule is Cc1cc(C)c(S(=O)(=O)NCCC(=O)NC2(CC(=O)O)CCOC2)c(C)c1. The Hall–Kier alpha value is -1.97. The van der Waals surface area contributed by atoms with E-state index in [1.807, 2.05) is 6.92 Å². The zero-order valence-corrected chi connectivity index (χ0v) is 16.6. The Kier molecular flexibility index (Phi) is 6.61. The van der Waals surface area contributed by atoms with Gasteiger partial charge in [0.05, 0.1) is 23.5 Å². The Balaban J connectivity index is 1.97. The van der Waals surface area contributed by atoms with E-state index >= 15 is 0 Å². The highest BCUT2D eigenvalue weighted by Crippen LogP contribution is 2.23. The lowest BCUT2D eigenvalue weighted by Gasteiger charge is -2.27. The molecular formula is C18H26N2O6S. The van der Waals surface area contributed by atoms with E-state index in [-0.39, 0.29) is 30.9 Å². The molecule has 1 aliphatic rings. The van der Waals surface area contributed by atoms with Crippen LogP contribution in [0.3, 0.4) is 0 Å². The maximum Gasteiger partial charge on any atom is 0.305 e. The van der Waals surface area contributed by atoms with Crippen molar-refractivity contribution in [1.82, 2.24) is 10.0 Å². The number of hydrogen-bond donors (Lipinski definition) is 3. The van der Waals surface area contributed by atoms with Gasteiger partial charge in [-0.05, 0) is 38.3 Å². The second-order valence-electron chi connectivity index (χ2n) is 7.08. The van der Waals surface area contributed by atoms with Crippen LogP contribution < -0.4 is 10.0 Å². The van der Waals surface area contributed by atoms with Crippen molar-refractivity contribution >= 4 is 21.9 Å². The fraction of sp³-hybridized carbons (Fsp3) is 0.556. The fourth-order valence-electron chi connectivity index (χ4n) is 3.50. The lowest BCUT2D eigenvalue weighted by atomic mass is 9.94. The van der Waals surface area contributed by atoms with Gasteiger partial charge in [0, 0.05) is 19.6 Å². The summed E-state index contributed by atoms with van der Waals surface area (Å²) in [4.78, 5) is 23.4. The van der Waals surface area contributed by atoms with E-state index in [1.54, 1.807) is 26.0 Å². The summed E-state index contributed by atoms with van der Waals surface area (Å²) < 4.78 is 32.8. The molecule has 27 heavy (non-hydrogen) atoms. The summed E-state index contributed by atoms with van der Waals surface area (Å²) in [5.74, 6) is -1.44. The summed E-state index contributed by atoms with van der Waals surface area (Å²) in [5.41, 5.74) is 1.35. The van der Waals surface area contributed by atoms with Gasteiger partial charge in [0.1, 0.15) is 0 Å². The van der Waals surface area contributed by atoms with Gasteiger partial charge in [0.15, 0.2) is 0 Å². The maximum absolute atomic E-state index is 12.6. The Morgan fingerprint density at radius 3 is 2.37 bits per heavy atom. The van der Waals surface area contributed by atoms with Gasteiger partial charge in [0.25, 0.3) is 0 Å². The summed E-state index contributed by atoms with van der Waals surface area (Å²) in [5, 5.41) is 11.7. The molecule has 1 heterocycles. The quantitative estimate of drug-likeness (QED) is 0.601. The van der Waals surface area contributed by atoms with Crippen LogP contribution in [0.25, 0.3) is 0 Å². The van der Waals surface area contributed by atoms with E-state index in [9.17, 15) is 18.0 Å². The van der Waals surface area contributed by atoms with Gasteiger partial charge in [-0.1, -0.05) is 17.7 Å². The molecule has 1 fully saturated rings. The third-order valence-corrected chi connectivity index (χ3v) is 6.28. The molecule has 150 valence electrons. The van der Waals surface area contributed by atoms with Crippen molar-refractivity contribution in [2.45, 2.75) is 50.5 Å². The van der Waals surface area contributed by atoms with Crippen LogP contribution in [-0.2, 0) is 24.3 Å². The molecular weight excluding hydrogens is 372 g/mol. The van der Waals surface area contributed by atoms with Crippen molar-refractivity contribution in [3.63, 3.8) is 0 Å². The lowest BCUT2D eigenvalue weighted by molar-refractivity contribution is -0.139. The number of sulfonamides is 1. The van der Waals surface area contributed by atoms with Crippen LogP contribution in [0.5, 0.6) is 0 Å². The Labute approximate surface area is 159 Å². The van der Waals surface area contributed by atoms with E-state index in [4.69, 9.17) is 9.84 Å². The highest BCUT2D eigenvalue weighted by molar-refractivity contribution is 7.89. The summed E-state index contributed by atoms with van der Waals surface area (Å²) >= 11 is 0. The molecule has 1 saturated heterocycles. The predicted octanol–water partition coefficient (Wildman–Crippen LogP) is 1.03. The highest BCUT2D eigenvalue weighted by Gasteiger charge is 2.38. The van der Waals surface area contributed by atoms with Crippen LogP contribution in [0, 0.1) is 20.8 Å². The number of carbonyl (C=O) groups excluding carboxylic acids is 1. The molecule has 1 aliphatic heterocycles. The summed E-state index contributed by atoms with van der Waals surface area (Å²) in [7, 11) is -3.74. The van der Waals surface area contributed by atoms with Gasteiger partial charge in [-0.25, -0.2) is 13.1 Å². The number of carboxylic acids is 1. The highest BCUT2D eigenvalue weighted by atomic mass is 32.2. The molecule has 0 radical (unpaired) electrons. The van der Waals surface area contributed by atoms with Gasteiger partial charge in [-0.3, -0.25) is 9.59 Å². The molecule has 0 aromatic heterocycles. The number of amides is 1. The minimum Gasteiger partial charge on any atom is -0.481 e. The molecule has 0 aliphatic carbocycles. The van der Waals surface area contributed by atoms with Crippen molar-refractivity contribution in [2.75, 3.05) is 19.8 Å². The van der Waals surface area contributed by atoms with Crippen LogP contribution in [0.2, 0.25) is 0 Å². The number of carbonyl (C=O) groups is 2. The third-order valence-electron chi connectivity index (χ3n) is 4.52. The predicted molar refractivity (Wildman–Crippen MR) is 99.0 cm³/mol. The van der Waals surface area contributed by atoms with Gasteiger partial charge in [0.2, 0.25) is 15.9 Å². The lowest BCUT2D eigenvalue weighted by Crippen LogP contribution is -2.51. The summed E-state index contributed by atoms with van der Waals surface area (Å²) in [6.45, 7) is 5.80. The third kappa shape index (κ3) is 5.50. The number of ether oxygens (including phenoxy) is 1. The van der Waals surface area contributed by atoms with E-state index in [0.717, 1.165) is 5.56 Å². The zero-order chi connectivity index (χ0) is 20.2. The summed E-state index contributed by atoms with van der Waals surface area (Å²) in [6, 6.07) is 3.59. The topological polar surface area (TPSA) is 122 Å². The first-order valence-corrected chi connectivity index (χ1v) is 10.2. The number of aliphatic carboxylic acids is 1. The van der Waals surface area contributed by atoms with Gasteiger partial charge in [-0.2, -0.15) is 0 Å². The van der Waals surface area contributed by atoms with Crippen molar-refractivity contribution in [3.8, 4) is 0 Å². The fourth-order valence-corrected chi connectivity index (χ4v) is 4.98. The molecule has 1 amide bonds. The first kappa shape index (κ1) is 21.3. The van der Waals surface area contributed by atoms with Crippen molar-refractivity contribution in [3.05, 3.63) is 28.8 Å². The Morgan fingerprint density at radius 1 is 1.22 bits per heavy atom. The van der Waals surface area contributed by atoms with Gasteiger partial charge in [-0.15, -0.1) is 0 Å². The molecule has 0 spiro atoms. The van der Waals surface area contributed by atoms with Crippen LogP contribution >= 0.6 is 0 Å². The molecule has 1 aromatic carbocycles. The second-order valence-corrected chi connectivity index (χ2v) is 8.78. The standard InChI is InChI=1S/C18H26N2O6S/c1-12-8-13(2)17(14(3)9-12)27(24,25)19-6-4-15(21)20-18(10-16(22)23)5-7-26-11-18/h8-9,19H,4-7,10-11H2,1-3H3,(H,20,21)(H,22,23). The minimum absolute atomic E-state index is 0.0784. The van der Waals surface area contributed by atoms with Crippen LogP contribution in [0.4, 0.5) is 0 Å². The van der Waals surface area contributed by atoms with Crippen LogP contribution in [0.1, 0.15) is 36.0 Å². The Bertz CT molecular complexity index is 805. The molecule has 1 unspecified atom stereocenters. The van der Waals surface area contributed by atoms with Crippen molar-refractivity contribution in [1.29, 1.82) is 0 Å². The first-order chi connectivity index (χ1) is 12.5. The van der Waals surface area contributed by atoms with Gasteiger partial charge < -0.3 is 15.2 Å². The molecule has 0 saturated carbocycles. The smallest absolute Gasteiger partial charge is 0.305 e. The molecule has 3 N–H and O–H groups in total. The Morgan fingerprint density at radius 2 is 1.85 bits per heavy atom. The first-order valence-electron chi connectivity index (χ1n) is 8.73. The molecule has 9 heteroatoms. The number of benzene rings is 1. The number of nitrogens with one attached hydrogen (secondary N) is 2. The average Bonchev–Trinajstić information content (AvgIpc) is 2.92. The molecule has 0 bridgehead atoms. The van der Waals surface area contributed by atoms with Gasteiger partial charge >= 0.3 is 5.97 Å². The van der Waals surface area contributed by atoms with E-state index < -0.39 is 27.4 Å². The van der Waals surface area contributed by atoms with Crippen LogP contribution in [0.15, 0.2) is 17.0 Å². The number of aryl methyl sites for hydroxylation is 3. The molecule has 1 aromatic rings. The average molecular weight is 398 g/mol. The zero-order valence-electron chi connectivity index (χ0n) is 15.8. The molecule has 1 atom stereocenters. The molecule has 8 nitrogen and oxygen atoms in total. The normalized spacial score (nSPS) is 19.8. The number of carboxylic acid groups (broad SMARTS) is 1. The molecule has 2 rings (SSSR count). The van der Waals surface area contributed by atoms with E-state index in [2.05, 4.69) is 10.0 Å². The second kappa shape index (κ2) is 8.37. The van der Waals surface area contributed by atoms with Crippen molar-refractivity contribution < 1.29 is 27.9 Å². The largest absolute Gasteiger partial charge is 0.481 e. The van der Waals surface area contributed by atoms with E-state index in [0.29, 0.717) is 24.2 Å². The number of rotatable bonds is 8.